The molecule has 108 valence electrons. The van der Waals surface area contributed by atoms with Crippen molar-refractivity contribution in [1.82, 2.24) is 14.8 Å². The summed E-state index contributed by atoms with van der Waals surface area (Å²) in [6, 6.07) is 3.77. The number of nitrogens with zero attached hydrogens (tertiary/aromatic N) is 2. The summed E-state index contributed by atoms with van der Waals surface area (Å²) in [4.78, 5) is 25.4. The molecular weight excluding hydrogens is 254 g/mol. The Labute approximate surface area is 118 Å². The van der Waals surface area contributed by atoms with Gasteiger partial charge in [-0.15, -0.1) is 0 Å². The molecule has 1 atom stereocenters. The van der Waals surface area contributed by atoms with Crippen LogP contribution in [0, 0.1) is 5.92 Å². The lowest BCUT2D eigenvalue weighted by atomic mass is 10.1. The monoisotopic (exact) mass is 275 g/mol. The fraction of sp³-hybridized carbons (Fsp3) is 0.600. The van der Waals surface area contributed by atoms with E-state index in [1.54, 1.807) is 17.0 Å². The third kappa shape index (κ3) is 3.48. The van der Waals surface area contributed by atoms with Crippen LogP contribution in [0.2, 0.25) is 0 Å². The lowest BCUT2D eigenvalue weighted by Gasteiger charge is -2.15. The molecule has 1 aromatic rings. The molecule has 0 spiro atoms. The second-order valence-corrected chi connectivity index (χ2v) is 5.89. The number of likely N-dealkylation sites (tertiary alicyclic amines) is 1. The molecule has 0 bridgehead atoms. The van der Waals surface area contributed by atoms with E-state index in [0.717, 1.165) is 19.1 Å². The zero-order valence-electron chi connectivity index (χ0n) is 11.6. The van der Waals surface area contributed by atoms with E-state index < -0.39 is 0 Å². The molecule has 1 aliphatic heterocycles. The maximum atomic E-state index is 11.9. The molecule has 2 aliphatic rings. The number of carbonyl (C=O) groups is 1. The largest absolute Gasteiger partial charge is 0.354 e. The summed E-state index contributed by atoms with van der Waals surface area (Å²) >= 11 is 0. The molecule has 5 nitrogen and oxygen atoms in total. The average Bonchev–Trinajstić information content (AvgIpc) is 3.18. The van der Waals surface area contributed by atoms with Crippen LogP contribution < -0.4 is 10.7 Å². The van der Waals surface area contributed by atoms with E-state index in [4.69, 9.17) is 0 Å². The van der Waals surface area contributed by atoms with Gasteiger partial charge in [-0.3, -0.25) is 9.59 Å². The minimum atomic E-state index is -0.0345. The highest BCUT2D eigenvalue weighted by atomic mass is 16.2. The zero-order valence-corrected chi connectivity index (χ0v) is 11.6. The van der Waals surface area contributed by atoms with Crippen LogP contribution in [0.4, 0.5) is 0 Å². The molecule has 1 saturated heterocycles. The van der Waals surface area contributed by atoms with Gasteiger partial charge in [0.05, 0.1) is 0 Å². The van der Waals surface area contributed by atoms with Crippen LogP contribution in [0.1, 0.15) is 19.3 Å². The quantitative estimate of drug-likeness (QED) is 0.849. The number of hydrogen-bond acceptors (Lipinski definition) is 3. The van der Waals surface area contributed by atoms with E-state index in [0.29, 0.717) is 5.92 Å². The number of pyridine rings is 1. The number of nitrogens with one attached hydrogen (secondary N) is 1. The summed E-state index contributed by atoms with van der Waals surface area (Å²) in [6.07, 6.45) is 7.18. The standard InChI is InChI=1S/C15H21N3O2/c19-14-4-6-17(7-5-14)11-15(20)16-9-12-3-8-18(10-12)13-1-2-13/h4-7,12-13H,1-3,8-11H2,(H,16,20)/t12-/m1/s1. The first-order valence-corrected chi connectivity index (χ1v) is 7.37. The van der Waals surface area contributed by atoms with Gasteiger partial charge in [0.15, 0.2) is 5.43 Å². The Balaban J connectivity index is 1.40. The SMILES string of the molecule is O=C(Cn1ccc(=O)cc1)NC[C@H]1CCN(C2CC2)C1. The van der Waals surface area contributed by atoms with Crippen LogP contribution in [-0.4, -0.2) is 41.1 Å². The van der Waals surface area contributed by atoms with Crippen LogP contribution in [0.3, 0.4) is 0 Å². The summed E-state index contributed by atoms with van der Waals surface area (Å²) in [6.45, 7) is 3.36. The summed E-state index contributed by atoms with van der Waals surface area (Å²) in [5.41, 5.74) is -0.0345. The van der Waals surface area contributed by atoms with E-state index in [1.807, 2.05) is 0 Å². The van der Waals surface area contributed by atoms with Crippen LogP contribution >= 0.6 is 0 Å². The zero-order chi connectivity index (χ0) is 13.9. The van der Waals surface area contributed by atoms with E-state index >= 15 is 0 Å². The fourth-order valence-corrected chi connectivity index (χ4v) is 2.83. The maximum absolute atomic E-state index is 11.9. The first kappa shape index (κ1) is 13.4. The summed E-state index contributed by atoms with van der Waals surface area (Å²) in [5.74, 6) is 0.604. The molecule has 20 heavy (non-hydrogen) atoms. The van der Waals surface area contributed by atoms with Gasteiger partial charge in [-0.2, -0.15) is 0 Å². The summed E-state index contributed by atoms with van der Waals surface area (Å²) in [7, 11) is 0. The van der Waals surface area contributed by atoms with Gasteiger partial charge in [0.25, 0.3) is 0 Å². The van der Waals surface area contributed by atoms with E-state index in [2.05, 4.69) is 10.2 Å². The van der Waals surface area contributed by atoms with Gasteiger partial charge in [-0.1, -0.05) is 0 Å². The highest BCUT2D eigenvalue weighted by Gasteiger charge is 2.34. The molecule has 0 radical (unpaired) electrons. The molecule has 5 heteroatoms. The summed E-state index contributed by atoms with van der Waals surface area (Å²) < 4.78 is 1.72. The molecule has 1 N–H and O–H groups in total. The molecule has 1 amide bonds. The molecule has 0 aromatic carbocycles. The van der Waals surface area contributed by atoms with Gasteiger partial charge in [0.2, 0.25) is 5.91 Å². The molecule has 2 fully saturated rings. The first-order valence-electron chi connectivity index (χ1n) is 7.37. The fourth-order valence-electron chi connectivity index (χ4n) is 2.83. The third-order valence-electron chi connectivity index (χ3n) is 4.16. The van der Waals surface area contributed by atoms with Crippen molar-refractivity contribution in [2.24, 2.45) is 5.92 Å². The van der Waals surface area contributed by atoms with Crippen molar-refractivity contribution in [3.63, 3.8) is 0 Å². The number of hydrogen-bond donors (Lipinski definition) is 1. The average molecular weight is 275 g/mol. The Morgan fingerprint density at radius 1 is 1.25 bits per heavy atom. The molecule has 0 unspecified atom stereocenters. The van der Waals surface area contributed by atoms with Gasteiger partial charge < -0.3 is 14.8 Å². The Morgan fingerprint density at radius 2 is 2.00 bits per heavy atom. The molecule has 2 heterocycles. The van der Waals surface area contributed by atoms with Crippen LogP contribution in [-0.2, 0) is 11.3 Å². The lowest BCUT2D eigenvalue weighted by molar-refractivity contribution is -0.121. The Morgan fingerprint density at radius 3 is 2.70 bits per heavy atom. The van der Waals surface area contributed by atoms with E-state index in [1.165, 1.54) is 37.9 Å². The van der Waals surface area contributed by atoms with Crippen molar-refractivity contribution < 1.29 is 4.79 Å². The van der Waals surface area contributed by atoms with Crippen molar-refractivity contribution in [2.75, 3.05) is 19.6 Å². The highest BCUT2D eigenvalue weighted by molar-refractivity contribution is 5.75. The number of amides is 1. The topological polar surface area (TPSA) is 54.3 Å². The van der Waals surface area contributed by atoms with Crippen LogP contribution in [0.25, 0.3) is 0 Å². The molecule has 3 rings (SSSR count). The van der Waals surface area contributed by atoms with Crippen molar-refractivity contribution in [2.45, 2.75) is 31.8 Å². The Hall–Kier alpha value is -1.62. The predicted octanol–water partition coefficient (Wildman–Crippen LogP) is 0.449. The van der Waals surface area contributed by atoms with Crippen molar-refractivity contribution in [3.8, 4) is 0 Å². The van der Waals surface area contributed by atoms with Gasteiger partial charge in [0.1, 0.15) is 6.54 Å². The number of rotatable bonds is 5. The van der Waals surface area contributed by atoms with Crippen LogP contribution in [0.15, 0.2) is 29.3 Å². The third-order valence-corrected chi connectivity index (χ3v) is 4.16. The Kier molecular flexibility index (Phi) is 3.87. The van der Waals surface area contributed by atoms with Crippen molar-refractivity contribution in [1.29, 1.82) is 0 Å². The number of carbonyl (C=O) groups excluding carboxylic acids is 1. The minimum absolute atomic E-state index is 0.0125. The van der Waals surface area contributed by atoms with Crippen molar-refractivity contribution in [3.05, 3.63) is 34.7 Å². The molecular formula is C15H21N3O2. The van der Waals surface area contributed by atoms with Gasteiger partial charge in [0, 0.05) is 43.7 Å². The first-order chi connectivity index (χ1) is 9.70. The van der Waals surface area contributed by atoms with Gasteiger partial charge in [-0.05, 0) is 31.7 Å². The second kappa shape index (κ2) is 5.79. The summed E-state index contributed by atoms with van der Waals surface area (Å²) in [5, 5.41) is 3.00. The van der Waals surface area contributed by atoms with Crippen LogP contribution in [0.5, 0.6) is 0 Å². The van der Waals surface area contributed by atoms with Crippen molar-refractivity contribution >= 4 is 5.91 Å². The number of aromatic nitrogens is 1. The molecule has 1 saturated carbocycles. The maximum Gasteiger partial charge on any atom is 0.239 e. The molecule has 1 aliphatic carbocycles. The minimum Gasteiger partial charge on any atom is -0.354 e. The lowest BCUT2D eigenvalue weighted by Crippen LogP contribution is -2.33. The van der Waals surface area contributed by atoms with E-state index in [-0.39, 0.29) is 17.9 Å². The predicted molar refractivity (Wildman–Crippen MR) is 76.4 cm³/mol. The highest BCUT2D eigenvalue weighted by Crippen LogP contribution is 2.31. The van der Waals surface area contributed by atoms with E-state index in [9.17, 15) is 9.59 Å². The Bertz CT molecular complexity index is 516. The van der Waals surface area contributed by atoms with Gasteiger partial charge in [-0.25, -0.2) is 0 Å². The smallest absolute Gasteiger partial charge is 0.239 e. The second-order valence-electron chi connectivity index (χ2n) is 5.89. The van der Waals surface area contributed by atoms with Gasteiger partial charge >= 0.3 is 0 Å². The molecule has 1 aromatic heterocycles. The normalized spacial score (nSPS) is 22.9.